The van der Waals surface area contributed by atoms with Crippen LogP contribution < -0.4 is 19.7 Å². The van der Waals surface area contributed by atoms with Crippen LogP contribution in [0.4, 0.5) is 11.4 Å². The van der Waals surface area contributed by atoms with E-state index in [0.29, 0.717) is 42.3 Å². The number of amides is 2. The Morgan fingerprint density at radius 3 is 2.69 bits per heavy atom. The number of ether oxygens (including phenoxy) is 2. The largest absolute Gasteiger partial charge is 0.494 e. The van der Waals surface area contributed by atoms with Gasteiger partial charge >= 0.3 is 0 Å². The number of hydrogen-bond donors (Lipinski definition) is 1. The van der Waals surface area contributed by atoms with Crippen LogP contribution in [0.2, 0.25) is 0 Å². The Labute approximate surface area is 195 Å². The average Bonchev–Trinajstić information content (AvgIpc) is 2.80. The van der Waals surface area contributed by atoms with Gasteiger partial charge in [0.1, 0.15) is 11.5 Å². The smallest absolute Gasteiger partial charge is 0.267 e. The zero-order valence-corrected chi connectivity index (χ0v) is 19.2. The fourth-order valence-electron chi connectivity index (χ4n) is 3.48. The first-order valence-electron chi connectivity index (χ1n) is 10.4. The maximum absolute atomic E-state index is 12.8. The van der Waals surface area contributed by atoms with E-state index in [4.69, 9.17) is 9.47 Å². The van der Waals surface area contributed by atoms with Crippen molar-refractivity contribution >= 4 is 39.1 Å². The first kappa shape index (κ1) is 21.9. The lowest BCUT2D eigenvalue weighted by Gasteiger charge is -2.33. The van der Waals surface area contributed by atoms with Crippen molar-refractivity contribution in [2.24, 2.45) is 0 Å². The van der Waals surface area contributed by atoms with Crippen LogP contribution in [0.5, 0.6) is 11.5 Å². The highest BCUT2D eigenvalue weighted by Crippen LogP contribution is 2.36. The lowest BCUT2D eigenvalue weighted by Crippen LogP contribution is -2.45. The number of anilines is 2. The maximum Gasteiger partial charge on any atom is 0.267 e. The van der Waals surface area contributed by atoms with Crippen LogP contribution in [0.15, 0.2) is 77.3 Å². The molecule has 6 nitrogen and oxygen atoms in total. The van der Waals surface area contributed by atoms with E-state index in [9.17, 15) is 9.59 Å². The monoisotopic (exact) mass is 494 g/mol. The molecule has 3 aromatic rings. The maximum atomic E-state index is 12.8. The molecule has 7 heteroatoms. The zero-order chi connectivity index (χ0) is 22.5. The van der Waals surface area contributed by atoms with Crippen LogP contribution >= 0.6 is 15.9 Å². The first-order valence-corrected chi connectivity index (χ1v) is 11.2. The molecular formula is C25H23BrN2O4. The number of rotatable bonds is 7. The number of halogens is 1. The Hall–Kier alpha value is -3.32. The molecular weight excluding hydrogens is 472 g/mol. The summed E-state index contributed by atoms with van der Waals surface area (Å²) in [6.45, 7) is 2.70. The van der Waals surface area contributed by atoms with Crippen LogP contribution in [0.25, 0.3) is 0 Å². The molecule has 0 spiro atoms. The second-order valence-electron chi connectivity index (χ2n) is 7.41. The van der Waals surface area contributed by atoms with Crippen LogP contribution in [-0.2, 0) is 4.79 Å². The third-order valence-corrected chi connectivity index (χ3v) is 5.54. The molecule has 164 valence electrons. The molecule has 1 N–H and O–H groups in total. The molecule has 0 aliphatic carbocycles. The Kier molecular flexibility index (Phi) is 6.75. The Morgan fingerprint density at radius 1 is 1.09 bits per heavy atom. The number of hydrogen-bond acceptors (Lipinski definition) is 4. The Balaban J connectivity index is 1.47. The van der Waals surface area contributed by atoms with Gasteiger partial charge in [0.25, 0.3) is 11.8 Å². The minimum Gasteiger partial charge on any atom is -0.494 e. The Bertz CT molecular complexity index is 1120. The van der Waals surface area contributed by atoms with E-state index in [-0.39, 0.29) is 11.8 Å². The predicted octanol–water partition coefficient (Wildman–Crippen LogP) is 5.28. The summed E-state index contributed by atoms with van der Waals surface area (Å²) in [5, 5.41) is 2.89. The predicted molar refractivity (Wildman–Crippen MR) is 128 cm³/mol. The van der Waals surface area contributed by atoms with Crippen molar-refractivity contribution in [2.45, 2.75) is 19.4 Å². The van der Waals surface area contributed by atoms with E-state index in [1.54, 1.807) is 48.2 Å². The van der Waals surface area contributed by atoms with Gasteiger partial charge in [-0.2, -0.15) is 0 Å². The molecule has 0 saturated carbocycles. The van der Waals surface area contributed by atoms with E-state index < -0.39 is 6.10 Å². The van der Waals surface area contributed by atoms with Gasteiger partial charge in [0.2, 0.25) is 0 Å². The minimum atomic E-state index is -0.570. The summed E-state index contributed by atoms with van der Waals surface area (Å²) in [5.74, 6) is 1.06. The summed E-state index contributed by atoms with van der Waals surface area (Å²) >= 11 is 3.38. The number of fused-ring (bicyclic) bond motifs is 1. The van der Waals surface area contributed by atoms with E-state index in [2.05, 4.69) is 21.2 Å². The molecule has 1 aliphatic heterocycles. The van der Waals surface area contributed by atoms with Crippen molar-refractivity contribution < 1.29 is 19.1 Å². The number of nitrogens with zero attached hydrogens (tertiary/aromatic N) is 1. The van der Waals surface area contributed by atoms with Crippen LogP contribution in [0.3, 0.4) is 0 Å². The summed E-state index contributed by atoms with van der Waals surface area (Å²) in [6.07, 6.45) is 0.0844. The average molecular weight is 495 g/mol. The third-order valence-electron chi connectivity index (χ3n) is 5.05. The SMILES string of the molecule is CC1Oc2ccc(NC(=O)c3cccc(Br)c3)cc2N(CCCOc2ccccc2)C1=O. The number of carbonyl (C=O) groups excluding carboxylic acids is 2. The van der Waals surface area contributed by atoms with Gasteiger partial charge in [-0.3, -0.25) is 9.59 Å². The van der Waals surface area contributed by atoms with Crippen LogP contribution in [0.1, 0.15) is 23.7 Å². The van der Waals surface area contributed by atoms with Crippen molar-refractivity contribution in [1.82, 2.24) is 0 Å². The van der Waals surface area contributed by atoms with Gasteiger partial charge < -0.3 is 19.7 Å². The fraction of sp³-hybridized carbons (Fsp3) is 0.200. The molecule has 1 heterocycles. The minimum absolute atomic E-state index is 0.118. The van der Waals surface area contributed by atoms with E-state index >= 15 is 0 Å². The summed E-state index contributed by atoms with van der Waals surface area (Å²) in [4.78, 5) is 27.1. The molecule has 1 atom stereocenters. The van der Waals surface area contributed by atoms with E-state index in [0.717, 1.165) is 10.2 Å². The van der Waals surface area contributed by atoms with Gasteiger partial charge in [0.15, 0.2) is 6.10 Å². The fourth-order valence-corrected chi connectivity index (χ4v) is 3.88. The molecule has 1 unspecified atom stereocenters. The summed E-state index contributed by atoms with van der Waals surface area (Å²) in [6, 6.07) is 22.1. The van der Waals surface area contributed by atoms with Gasteiger partial charge in [0.05, 0.1) is 12.3 Å². The van der Waals surface area contributed by atoms with E-state index in [1.807, 2.05) is 36.4 Å². The Morgan fingerprint density at radius 2 is 1.91 bits per heavy atom. The molecule has 0 bridgehead atoms. The summed E-state index contributed by atoms with van der Waals surface area (Å²) in [7, 11) is 0. The van der Waals surface area contributed by atoms with Gasteiger partial charge in [-0.1, -0.05) is 40.2 Å². The molecule has 32 heavy (non-hydrogen) atoms. The molecule has 1 aliphatic rings. The summed E-state index contributed by atoms with van der Waals surface area (Å²) in [5.41, 5.74) is 1.76. The number of para-hydroxylation sites is 1. The number of carbonyl (C=O) groups is 2. The number of nitrogens with one attached hydrogen (secondary N) is 1. The lowest BCUT2D eigenvalue weighted by molar-refractivity contribution is -0.125. The van der Waals surface area contributed by atoms with Crippen molar-refractivity contribution in [3.05, 3.63) is 82.8 Å². The first-order chi connectivity index (χ1) is 15.5. The van der Waals surface area contributed by atoms with Gasteiger partial charge in [-0.05, 0) is 61.9 Å². The molecule has 0 radical (unpaired) electrons. The normalized spacial score (nSPS) is 15.0. The lowest BCUT2D eigenvalue weighted by atomic mass is 10.1. The highest BCUT2D eigenvalue weighted by molar-refractivity contribution is 9.10. The van der Waals surface area contributed by atoms with Crippen molar-refractivity contribution in [3.8, 4) is 11.5 Å². The third kappa shape index (κ3) is 5.11. The van der Waals surface area contributed by atoms with Crippen molar-refractivity contribution in [2.75, 3.05) is 23.4 Å². The van der Waals surface area contributed by atoms with Gasteiger partial charge in [-0.25, -0.2) is 0 Å². The molecule has 0 saturated heterocycles. The van der Waals surface area contributed by atoms with Gasteiger partial charge in [0, 0.05) is 22.3 Å². The molecule has 0 fully saturated rings. The van der Waals surface area contributed by atoms with E-state index in [1.165, 1.54) is 0 Å². The standard InChI is InChI=1S/C25H23BrN2O4/c1-17-25(30)28(13-6-14-31-21-9-3-2-4-10-21)22-16-20(11-12-23(22)32-17)27-24(29)18-7-5-8-19(26)15-18/h2-5,7-12,15-17H,6,13-14H2,1H3,(H,27,29). The summed E-state index contributed by atoms with van der Waals surface area (Å²) < 4.78 is 12.3. The van der Waals surface area contributed by atoms with Crippen LogP contribution in [0, 0.1) is 0 Å². The second kappa shape index (κ2) is 9.87. The molecule has 2 amide bonds. The molecule has 3 aromatic carbocycles. The van der Waals surface area contributed by atoms with Crippen molar-refractivity contribution in [1.29, 1.82) is 0 Å². The quantitative estimate of drug-likeness (QED) is 0.453. The molecule has 0 aromatic heterocycles. The van der Waals surface area contributed by atoms with Gasteiger partial charge in [-0.15, -0.1) is 0 Å². The highest BCUT2D eigenvalue weighted by atomic mass is 79.9. The van der Waals surface area contributed by atoms with Crippen molar-refractivity contribution in [3.63, 3.8) is 0 Å². The second-order valence-corrected chi connectivity index (χ2v) is 8.33. The van der Waals surface area contributed by atoms with Crippen LogP contribution in [-0.4, -0.2) is 31.1 Å². The zero-order valence-electron chi connectivity index (χ0n) is 17.6. The highest BCUT2D eigenvalue weighted by Gasteiger charge is 2.31. The topological polar surface area (TPSA) is 67.9 Å². The molecule has 4 rings (SSSR count). The number of benzene rings is 3.